The van der Waals surface area contributed by atoms with Gasteiger partial charge in [0.1, 0.15) is 5.75 Å². The minimum Gasteiger partial charge on any atom is -0.494 e. The number of hydrogen-bond acceptors (Lipinski definition) is 2. The van der Waals surface area contributed by atoms with Gasteiger partial charge in [0.2, 0.25) is 0 Å². The van der Waals surface area contributed by atoms with Crippen LogP contribution in [0.4, 0.5) is 0 Å². The SMILES string of the molecule is CCOc1ccc(CC(CN)c2ccc(C)c(C)c2)cc1. The molecule has 2 N–H and O–H groups in total. The Labute approximate surface area is 127 Å². The van der Waals surface area contributed by atoms with E-state index in [1.54, 1.807) is 0 Å². The molecule has 0 bridgehead atoms. The van der Waals surface area contributed by atoms with Crippen LogP contribution < -0.4 is 10.5 Å². The first-order valence-electron chi connectivity index (χ1n) is 7.63. The van der Waals surface area contributed by atoms with Crippen LogP contribution in [0.15, 0.2) is 42.5 Å². The van der Waals surface area contributed by atoms with Gasteiger partial charge < -0.3 is 10.5 Å². The van der Waals surface area contributed by atoms with Crippen molar-refractivity contribution in [3.05, 3.63) is 64.7 Å². The molecule has 0 fully saturated rings. The van der Waals surface area contributed by atoms with Crippen molar-refractivity contribution in [2.24, 2.45) is 5.73 Å². The first-order valence-corrected chi connectivity index (χ1v) is 7.63. The van der Waals surface area contributed by atoms with E-state index in [2.05, 4.69) is 44.2 Å². The van der Waals surface area contributed by atoms with Crippen LogP contribution in [0, 0.1) is 13.8 Å². The van der Waals surface area contributed by atoms with E-state index >= 15 is 0 Å². The molecule has 0 aliphatic rings. The number of ether oxygens (including phenoxy) is 1. The zero-order valence-corrected chi connectivity index (χ0v) is 13.2. The molecule has 2 aromatic carbocycles. The fourth-order valence-corrected chi connectivity index (χ4v) is 2.53. The Bertz CT molecular complexity index is 575. The van der Waals surface area contributed by atoms with Crippen molar-refractivity contribution in [3.8, 4) is 5.75 Å². The van der Waals surface area contributed by atoms with Gasteiger partial charge in [-0.05, 0) is 68.1 Å². The standard InChI is InChI=1S/C19H25NO/c1-4-21-19-9-6-16(7-10-19)12-18(13-20)17-8-5-14(2)15(3)11-17/h5-11,18H,4,12-13,20H2,1-3H3. The summed E-state index contributed by atoms with van der Waals surface area (Å²) < 4.78 is 5.48. The zero-order valence-electron chi connectivity index (χ0n) is 13.2. The second kappa shape index (κ2) is 7.28. The Morgan fingerprint density at radius 1 is 1.00 bits per heavy atom. The van der Waals surface area contributed by atoms with Crippen LogP contribution in [0.2, 0.25) is 0 Å². The van der Waals surface area contributed by atoms with Crippen molar-refractivity contribution < 1.29 is 4.74 Å². The lowest BCUT2D eigenvalue weighted by molar-refractivity contribution is 0.340. The van der Waals surface area contributed by atoms with Gasteiger partial charge >= 0.3 is 0 Å². The van der Waals surface area contributed by atoms with Gasteiger partial charge in [-0.3, -0.25) is 0 Å². The van der Waals surface area contributed by atoms with Crippen LogP contribution >= 0.6 is 0 Å². The van der Waals surface area contributed by atoms with Crippen LogP contribution in [-0.4, -0.2) is 13.2 Å². The highest BCUT2D eigenvalue weighted by Gasteiger charge is 2.11. The molecule has 112 valence electrons. The maximum atomic E-state index is 5.99. The van der Waals surface area contributed by atoms with Gasteiger partial charge in [-0.2, -0.15) is 0 Å². The number of aryl methyl sites for hydroxylation is 2. The van der Waals surface area contributed by atoms with Crippen molar-refractivity contribution in [1.29, 1.82) is 0 Å². The van der Waals surface area contributed by atoms with E-state index in [0.717, 1.165) is 12.2 Å². The Morgan fingerprint density at radius 2 is 1.71 bits per heavy atom. The summed E-state index contributed by atoms with van der Waals surface area (Å²) in [6.45, 7) is 7.66. The molecule has 2 heteroatoms. The third-order valence-electron chi connectivity index (χ3n) is 4.00. The summed E-state index contributed by atoms with van der Waals surface area (Å²) >= 11 is 0. The van der Waals surface area contributed by atoms with Crippen LogP contribution in [0.1, 0.15) is 35.1 Å². The van der Waals surface area contributed by atoms with Crippen molar-refractivity contribution in [2.45, 2.75) is 33.1 Å². The maximum absolute atomic E-state index is 5.99. The van der Waals surface area contributed by atoms with E-state index in [-0.39, 0.29) is 0 Å². The fraction of sp³-hybridized carbons (Fsp3) is 0.368. The van der Waals surface area contributed by atoms with Gasteiger partial charge in [-0.1, -0.05) is 30.3 Å². The quantitative estimate of drug-likeness (QED) is 0.870. The molecule has 0 aliphatic heterocycles. The Kier molecular flexibility index (Phi) is 5.40. The van der Waals surface area contributed by atoms with Crippen molar-refractivity contribution in [1.82, 2.24) is 0 Å². The molecule has 2 aromatic rings. The van der Waals surface area contributed by atoms with Crippen LogP contribution in [0.25, 0.3) is 0 Å². The van der Waals surface area contributed by atoms with E-state index < -0.39 is 0 Å². The molecule has 0 heterocycles. The Balaban J connectivity index is 2.12. The molecular formula is C19H25NO. The summed E-state index contributed by atoms with van der Waals surface area (Å²) in [5.74, 6) is 1.29. The number of nitrogens with two attached hydrogens (primary N) is 1. The molecule has 0 amide bonds. The first-order chi connectivity index (χ1) is 10.1. The van der Waals surface area contributed by atoms with Gasteiger partial charge in [-0.25, -0.2) is 0 Å². The lowest BCUT2D eigenvalue weighted by Gasteiger charge is -2.17. The highest BCUT2D eigenvalue weighted by molar-refractivity contribution is 5.34. The Morgan fingerprint density at radius 3 is 2.29 bits per heavy atom. The fourth-order valence-electron chi connectivity index (χ4n) is 2.53. The van der Waals surface area contributed by atoms with E-state index in [0.29, 0.717) is 19.1 Å². The maximum Gasteiger partial charge on any atom is 0.119 e. The number of hydrogen-bond donors (Lipinski definition) is 1. The molecule has 1 unspecified atom stereocenters. The minimum atomic E-state index is 0.363. The van der Waals surface area contributed by atoms with Crippen LogP contribution in [-0.2, 0) is 6.42 Å². The number of benzene rings is 2. The number of rotatable bonds is 6. The molecule has 2 rings (SSSR count). The summed E-state index contributed by atoms with van der Waals surface area (Å²) in [4.78, 5) is 0. The molecule has 0 aliphatic carbocycles. The van der Waals surface area contributed by atoms with E-state index in [9.17, 15) is 0 Å². The minimum absolute atomic E-state index is 0.363. The second-order valence-corrected chi connectivity index (χ2v) is 5.56. The highest BCUT2D eigenvalue weighted by atomic mass is 16.5. The zero-order chi connectivity index (χ0) is 15.2. The molecule has 0 aromatic heterocycles. The van der Waals surface area contributed by atoms with Crippen LogP contribution in [0.3, 0.4) is 0 Å². The summed E-state index contributed by atoms with van der Waals surface area (Å²) in [6, 6.07) is 15.0. The van der Waals surface area contributed by atoms with E-state index in [1.807, 2.05) is 19.1 Å². The van der Waals surface area contributed by atoms with Crippen molar-refractivity contribution >= 4 is 0 Å². The lowest BCUT2D eigenvalue weighted by atomic mass is 9.90. The molecule has 1 atom stereocenters. The molecule has 0 saturated heterocycles. The average Bonchev–Trinajstić information content (AvgIpc) is 2.50. The molecule has 0 spiro atoms. The smallest absolute Gasteiger partial charge is 0.119 e. The van der Waals surface area contributed by atoms with Gasteiger partial charge in [0.25, 0.3) is 0 Å². The molecule has 21 heavy (non-hydrogen) atoms. The Hall–Kier alpha value is -1.80. The second-order valence-electron chi connectivity index (χ2n) is 5.56. The third-order valence-corrected chi connectivity index (χ3v) is 4.00. The summed E-state index contributed by atoms with van der Waals surface area (Å²) in [5, 5.41) is 0. The largest absolute Gasteiger partial charge is 0.494 e. The van der Waals surface area contributed by atoms with Crippen molar-refractivity contribution in [3.63, 3.8) is 0 Å². The van der Waals surface area contributed by atoms with Crippen molar-refractivity contribution in [2.75, 3.05) is 13.2 Å². The first kappa shape index (κ1) is 15.6. The molecule has 0 saturated carbocycles. The van der Waals surface area contributed by atoms with Gasteiger partial charge in [0.15, 0.2) is 0 Å². The third kappa shape index (κ3) is 4.08. The highest BCUT2D eigenvalue weighted by Crippen LogP contribution is 2.23. The predicted octanol–water partition coefficient (Wildman–Crippen LogP) is 3.99. The summed E-state index contributed by atoms with van der Waals surface area (Å²) in [6.07, 6.45) is 0.964. The summed E-state index contributed by atoms with van der Waals surface area (Å²) in [7, 11) is 0. The van der Waals surface area contributed by atoms with Crippen LogP contribution in [0.5, 0.6) is 5.75 Å². The topological polar surface area (TPSA) is 35.2 Å². The molecular weight excluding hydrogens is 258 g/mol. The van der Waals surface area contributed by atoms with Gasteiger partial charge in [0, 0.05) is 5.92 Å². The van der Waals surface area contributed by atoms with Gasteiger partial charge in [0.05, 0.1) is 6.61 Å². The normalized spacial score (nSPS) is 12.2. The van der Waals surface area contributed by atoms with E-state index in [1.165, 1.54) is 22.3 Å². The molecule has 2 nitrogen and oxygen atoms in total. The van der Waals surface area contributed by atoms with Gasteiger partial charge in [-0.15, -0.1) is 0 Å². The summed E-state index contributed by atoms with van der Waals surface area (Å²) in [5.41, 5.74) is 11.3. The lowest BCUT2D eigenvalue weighted by Crippen LogP contribution is -2.15. The monoisotopic (exact) mass is 283 g/mol. The average molecular weight is 283 g/mol. The molecule has 0 radical (unpaired) electrons. The van der Waals surface area contributed by atoms with E-state index in [4.69, 9.17) is 10.5 Å². The predicted molar refractivity (Wildman–Crippen MR) is 89.0 cm³/mol.